The van der Waals surface area contributed by atoms with E-state index >= 15 is 0 Å². The minimum atomic E-state index is -3.94. The number of rotatable bonds is 4. The van der Waals surface area contributed by atoms with E-state index in [4.69, 9.17) is 23.2 Å². The molecular weight excluding hydrogens is 336 g/mol. The van der Waals surface area contributed by atoms with Crippen molar-refractivity contribution in [3.05, 3.63) is 63.9 Å². The second-order valence-electron chi connectivity index (χ2n) is 4.47. The molecule has 2 rings (SSSR count). The van der Waals surface area contributed by atoms with E-state index in [0.29, 0.717) is 10.6 Å². The summed E-state index contributed by atoms with van der Waals surface area (Å²) in [6.45, 7) is 0.0883. The molecule has 2 aromatic rings. The Labute approximate surface area is 133 Å². The number of hydrogen-bond donors (Lipinski definition) is 0. The molecule has 0 radical (unpaired) electrons. The van der Waals surface area contributed by atoms with E-state index in [1.165, 1.54) is 13.1 Å². The van der Waals surface area contributed by atoms with Crippen molar-refractivity contribution in [2.75, 3.05) is 7.05 Å². The highest BCUT2D eigenvalue weighted by Gasteiger charge is 2.24. The van der Waals surface area contributed by atoms with E-state index in [1.54, 1.807) is 24.3 Å². The third-order valence-corrected chi connectivity index (χ3v) is 5.18. The quantitative estimate of drug-likeness (QED) is 0.839. The average molecular weight is 348 g/mol. The first-order valence-corrected chi connectivity index (χ1v) is 8.16. The van der Waals surface area contributed by atoms with Gasteiger partial charge >= 0.3 is 0 Å². The highest BCUT2D eigenvalue weighted by molar-refractivity contribution is 7.89. The summed E-state index contributed by atoms with van der Waals surface area (Å²) in [5.41, 5.74) is 0.711. The molecule has 0 spiro atoms. The van der Waals surface area contributed by atoms with Crippen LogP contribution in [0.15, 0.2) is 47.4 Å². The van der Waals surface area contributed by atoms with Crippen molar-refractivity contribution in [1.82, 2.24) is 4.31 Å². The first kappa shape index (κ1) is 16.2. The van der Waals surface area contributed by atoms with E-state index in [2.05, 4.69) is 0 Å². The van der Waals surface area contributed by atoms with Gasteiger partial charge in [0.1, 0.15) is 10.7 Å². The van der Waals surface area contributed by atoms with Crippen LogP contribution >= 0.6 is 23.2 Å². The van der Waals surface area contributed by atoms with E-state index < -0.39 is 20.7 Å². The largest absolute Gasteiger partial charge is 0.246 e. The summed E-state index contributed by atoms with van der Waals surface area (Å²) in [5.74, 6) is -0.875. The molecule has 0 amide bonds. The van der Waals surface area contributed by atoms with Crippen molar-refractivity contribution in [3.63, 3.8) is 0 Å². The molecule has 0 heterocycles. The fourth-order valence-electron chi connectivity index (χ4n) is 1.83. The molecule has 0 bridgehead atoms. The van der Waals surface area contributed by atoms with Crippen LogP contribution in [0.25, 0.3) is 0 Å². The van der Waals surface area contributed by atoms with Gasteiger partial charge < -0.3 is 0 Å². The molecule has 2 aromatic carbocycles. The first-order valence-electron chi connectivity index (χ1n) is 5.96. The van der Waals surface area contributed by atoms with Gasteiger partial charge in [0.2, 0.25) is 10.0 Å². The van der Waals surface area contributed by atoms with Gasteiger partial charge in [0.25, 0.3) is 0 Å². The summed E-state index contributed by atoms with van der Waals surface area (Å²) in [7, 11) is -2.56. The summed E-state index contributed by atoms with van der Waals surface area (Å²) in [5, 5.41) is 0.653. The highest BCUT2D eigenvalue weighted by Crippen LogP contribution is 2.23. The predicted molar refractivity (Wildman–Crippen MR) is 81.5 cm³/mol. The molecular formula is C14H12Cl2FNO2S. The normalized spacial score (nSPS) is 11.9. The molecule has 0 saturated carbocycles. The van der Waals surface area contributed by atoms with Crippen molar-refractivity contribution in [2.24, 2.45) is 0 Å². The minimum absolute atomic E-state index is 0.0883. The van der Waals surface area contributed by atoms with Gasteiger partial charge in [0.15, 0.2) is 0 Å². The molecule has 0 aliphatic heterocycles. The maximum Gasteiger partial charge on any atom is 0.246 e. The number of benzene rings is 2. The van der Waals surface area contributed by atoms with Crippen LogP contribution in [0.5, 0.6) is 0 Å². The Bertz CT molecular complexity index is 765. The molecule has 0 N–H and O–H groups in total. The lowest BCUT2D eigenvalue weighted by atomic mass is 10.2. The lowest BCUT2D eigenvalue weighted by Crippen LogP contribution is -2.27. The summed E-state index contributed by atoms with van der Waals surface area (Å²) < 4.78 is 39.6. The van der Waals surface area contributed by atoms with E-state index in [1.807, 2.05) is 0 Å². The van der Waals surface area contributed by atoms with Crippen molar-refractivity contribution in [1.29, 1.82) is 0 Å². The fourth-order valence-corrected chi connectivity index (χ4v) is 3.40. The van der Waals surface area contributed by atoms with Crippen LogP contribution in [0, 0.1) is 5.82 Å². The molecule has 0 aliphatic rings. The Morgan fingerprint density at radius 3 is 2.38 bits per heavy atom. The van der Waals surface area contributed by atoms with Gasteiger partial charge in [-0.05, 0) is 35.9 Å². The monoisotopic (exact) mass is 347 g/mol. The standard InChI is InChI=1S/C14H12Cl2FNO2S/c1-18(9-10-3-2-4-11(15)7-10)21(19,20)14-6-5-12(16)8-13(14)17/h2-8H,9H2,1H3. The maximum absolute atomic E-state index is 13.8. The zero-order valence-electron chi connectivity index (χ0n) is 11.1. The zero-order chi connectivity index (χ0) is 15.6. The third-order valence-electron chi connectivity index (χ3n) is 2.88. The van der Waals surface area contributed by atoms with Gasteiger partial charge in [-0.3, -0.25) is 0 Å². The van der Waals surface area contributed by atoms with Gasteiger partial charge in [0.05, 0.1) is 0 Å². The Kier molecular flexibility index (Phi) is 4.88. The predicted octanol–water partition coefficient (Wildman–Crippen LogP) is 3.95. The van der Waals surface area contributed by atoms with Crippen LogP contribution < -0.4 is 0 Å². The highest BCUT2D eigenvalue weighted by atomic mass is 35.5. The van der Waals surface area contributed by atoms with Gasteiger partial charge in [0, 0.05) is 23.6 Å². The van der Waals surface area contributed by atoms with Crippen LogP contribution in [0.1, 0.15) is 5.56 Å². The molecule has 112 valence electrons. The van der Waals surface area contributed by atoms with Gasteiger partial charge in [-0.25, -0.2) is 12.8 Å². The third kappa shape index (κ3) is 3.74. The number of halogens is 3. The van der Waals surface area contributed by atoms with Crippen molar-refractivity contribution < 1.29 is 12.8 Å². The molecule has 0 saturated heterocycles. The van der Waals surface area contributed by atoms with E-state index in [0.717, 1.165) is 16.4 Å². The van der Waals surface area contributed by atoms with Gasteiger partial charge in [-0.2, -0.15) is 4.31 Å². The van der Waals surface area contributed by atoms with E-state index in [9.17, 15) is 12.8 Å². The van der Waals surface area contributed by atoms with Crippen LogP contribution in [0.4, 0.5) is 4.39 Å². The zero-order valence-corrected chi connectivity index (χ0v) is 13.4. The second-order valence-corrected chi connectivity index (χ2v) is 7.35. The van der Waals surface area contributed by atoms with Crippen LogP contribution in [-0.4, -0.2) is 19.8 Å². The minimum Gasteiger partial charge on any atom is -0.207 e. The van der Waals surface area contributed by atoms with Crippen LogP contribution in [0.3, 0.4) is 0 Å². The van der Waals surface area contributed by atoms with Crippen LogP contribution in [0.2, 0.25) is 10.0 Å². The molecule has 0 atom stereocenters. The average Bonchev–Trinajstić information content (AvgIpc) is 2.38. The van der Waals surface area contributed by atoms with Gasteiger partial charge in [-0.1, -0.05) is 35.3 Å². The fraction of sp³-hybridized carbons (Fsp3) is 0.143. The lowest BCUT2D eigenvalue weighted by Gasteiger charge is -2.18. The molecule has 21 heavy (non-hydrogen) atoms. The van der Waals surface area contributed by atoms with Gasteiger partial charge in [-0.15, -0.1) is 0 Å². The number of hydrogen-bond acceptors (Lipinski definition) is 2. The first-order chi connectivity index (χ1) is 9.80. The Hall–Kier alpha value is -1.14. The Morgan fingerprint density at radius 2 is 1.76 bits per heavy atom. The Balaban J connectivity index is 2.30. The molecule has 0 fully saturated rings. The molecule has 0 unspecified atom stereocenters. The van der Waals surface area contributed by atoms with Crippen molar-refractivity contribution in [3.8, 4) is 0 Å². The summed E-state index contributed by atoms with van der Waals surface area (Å²) >= 11 is 11.5. The summed E-state index contributed by atoms with van der Waals surface area (Å²) in [4.78, 5) is -0.406. The maximum atomic E-state index is 13.8. The number of sulfonamides is 1. The van der Waals surface area contributed by atoms with Crippen molar-refractivity contribution >= 4 is 33.2 Å². The molecule has 0 aliphatic carbocycles. The summed E-state index contributed by atoms with van der Waals surface area (Å²) in [6, 6.07) is 10.3. The lowest BCUT2D eigenvalue weighted by molar-refractivity contribution is 0.460. The van der Waals surface area contributed by atoms with E-state index in [-0.39, 0.29) is 11.6 Å². The van der Waals surface area contributed by atoms with Crippen molar-refractivity contribution in [2.45, 2.75) is 11.4 Å². The molecule has 7 heteroatoms. The Morgan fingerprint density at radius 1 is 1.10 bits per heavy atom. The number of nitrogens with zero attached hydrogens (tertiary/aromatic N) is 1. The van der Waals surface area contributed by atoms with Crippen LogP contribution in [-0.2, 0) is 16.6 Å². The smallest absolute Gasteiger partial charge is 0.207 e. The second kappa shape index (κ2) is 6.32. The molecule has 0 aromatic heterocycles. The topological polar surface area (TPSA) is 37.4 Å². The SMILES string of the molecule is CN(Cc1cccc(Cl)c1)S(=O)(=O)c1ccc(Cl)cc1F. The summed E-state index contributed by atoms with van der Waals surface area (Å²) in [6.07, 6.45) is 0. The molecule has 3 nitrogen and oxygen atoms in total.